The molecule has 4 rings (SSSR count). The van der Waals surface area contributed by atoms with Crippen LogP contribution in [0.5, 0.6) is 0 Å². The summed E-state index contributed by atoms with van der Waals surface area (Å²) in [4.78, 5) is 37.3. The van der Waals surface area contributed by atoms with Crippen LogP contribution < -0.4 is 11.2 Å². The summed E-state index contributed by atoms with van der Waals surface area (Å²) in [6.45, 7) is 4.89. The van der Waals surface area contributed by atoms with Crippen molar-refractivity contribution in [1.29, 1.82) is 0 Å². The number of nitrogens with one attached hydrogen (secondary N) is 1. The highest BCUT2D eigenvalue weighted by Gasteiger charge is 2.17. The molecule has 0 aliphatic heterocycles. The second-order valence-electron chi connectivity index (χ2n) is 8.17. The van der Waals surface area contributed by atoms with Crippen molar-refractivity contribution in [3.63, 3.8) is 0 Å². The number of H-pyrrole nitrogens is 1. The molecule has 0 bridgehead atoms. The van der Waals surface area contributed by atoms with Crippen LogP contribution in [0.3, 0.4) is 0 Å². The summed E-state index contributed by atoms with van der Waals surface area (Å²) in [5.74, 6) is 1.09. The lowest BCUT2D eigenvalue weighted by atomic mass is 10.1. The third-order valence-corrected chi connectivity index (χ3v) is 5.76. The number of fused-ring (bicyclic) bond motifs is 1. The minimum absolute atomic E-state index is 0.102. The Bertz CT molecular complexity index is 1370. The Morgan fingerprint density at radius 3 is 2.64 bits per heavy atom. The Balaban J connectivity index is 1.45. The summed E-state index contributed by atoms with van der Waals surface area (Å²) in [5.41, 5.74) is 1.83. The van der Waals surface area contributed by atoms with Crippen LogP contribution in [0.25, 0.3) is 22.6 Å². The summed E-state index contributed by atoms with van der Waals surface area (Å²) in [6.07, 6.45) is 4.76. The van der Waals surface area contributed by atoms with Gasteiger partial charge in [-0.3, -0.25) is 13.9 Å². The van der Waals surface area contributed by atoms with E-state index in [-0.39, 0.29) is 16.5 Å². The first-order chi connectivity index (χ1) is 16.0. The molecule has 0 saturated carbocycles. The lowest BCUT2D eigenvalue weighted by molar-refractivity contribution is 0.420. The first kappa shape index (κ1) is 23.0. The van der Waals surface area contributed by atoms with E-state index in [2.05, 4.69) is 27.0 Å². The third kappa shape index (κ3) is 5.08. The van der Waals surface area contributed by atoms with Gasteiger partial charge in [0.15, 0.2) is 17.0 Å². The van der Waals surface area contributed by atoms with Crippen molar-refractivity contribution in [1.82, 2.24) is 29.2 Å². The van der Waals surface area contributed by atoms with E-state index in [0.717, 1.165) is 30.4 Å². The van der Waals surface area contributed by atoms with Gasteiger partial charge in [-0.25, -0.2) is 4.79 Å². The summed E-state index contributed by atoms with van der Waals surface area (Å²) >= 11 is 5.99. The van der Waals surface area contributed by atoms with E-state index in [4.69, 9.17) is 16.1 Å². The zero-order valence-electron chi connectivity index (χ0n) is 18.8. The Hall–Kier alpha value is -3.20. The topological polar surface area (TPSA) is 112 Å². The highest BCUT2D eigenvalue weighted by Crippen LogP contribution is 2.18. The van der Waals surface area contributed by atoms with Gasteiger partial charge in [0.05, 0.1) is 0 Å². The molecule has 1 aromatic carbocycles. The molecule has 0 aliphatic rings. The van der Waals surface area contributed by atoms with Crippen molar-refractivity contribution in [3.8, 4) is 11.5 Å². The van der Waals surface area contributed by atoms with Crippen LogP contribution in [0.2, 0.25) is 5.28 Å². The van der Waals surface area contributed by atoms with Gasteiger partial charge in [-0.05, 0) is 49.9 Å². The molecule has 0 saturated heterocycles. The monoisotopic (exact) mass is 470 g/mol. The van der Waals surface area contributed by atoms with Gasteiger partial charge in [0, 0.05) is 25.1 Å². The minimum atomic E-state index is -0.401. The summed E-state index contributed by atoms with van der Waals surface area (Å²) in [5, 5.41) is 4.15. The molecule has 0 spiro atoms. The number of aryl methyl sites for hydroxylation is 3. The third-order valence-electron chi connectivity index (χ3n) is 5.58. The standard InChI is InChI=1S/C23H27ClN6O3/c1-3-4-6-12-29-19-18(26-22(24)27-19)21(31)30(23(29)32)13-7-5-11-17-25-20(33-28-17)16-10-8-9-15(2)14-16/h8-10,14H,3-7,11-13H2,1-2H3,(H,26,27). The maximum absolute atomic E-state index is 13.0. The Morgan fingerprint density at radius 2 is 1.85 bits per heavy atom. The Kier molecular flexibility index (Phi) is 7.08. The number of aromatic nitrogens is 6. The molecule has 9 nitrogen and oxygen atoms in total. The fourth-order valence-corrected chi connectivity index (χ4v) is 4.04. The molecule has 0 atom stereocenters. The van der Waals surface area contributed by atoms with Gasteiger partial charge in [-0.15, -0.1) is 0 Å². The van der Waals surface area contributed by atoms with Gasteiger partial charge < -0.3 is 9.51 Å². The molecule has 0 aliphatic carbocycles. The molecule has 0 unspecified atom stereocenters. The number of hydrogen-bond acceptors (Lipinski definition) is 6. The zero-order valence-corrected chi connectivity index (χ0v) is 19.6. The summed E-state index contributed by atoms with van der Waals surface area (Å²) < 4.78 is 8.18. The lowest BCUT2D eigenvalue weighted by Crippen LogP contribution is -2.40. The predicted molar refractivity (Wildman–Crippen MR) is 127 cm³/mol. The maximum Gasteiger partial charge on any atom is 0.332 e. The molecular weight excluding hydrogens is 444 g/mol. The Morgan fingerprint density at radius 1 is 1.06 bits per heavy atom. The number of halogens is 1. The second kappa shape index (κ2) is 10.2. The number of unbranched alkanes of at least 4 members (excludes halogenated alkanes) is 3. The van der Waals surface area contributed by atoms with E-state index in [0.29, 0.717) is 49.7 Å². The highest BCUT2D eigenvalue weighted by atomic mass is 35.5. The molecule has 10 heteroatoms. The minimum Gasteiger partial charge on any atom is -0.334 e. The van der Waals surface area contributed by atoms with Crippen molar-refractivity contribution in [2.45, 2.75) is 65.5 Å². The average Bonchev–Trinajstić information content (AvgIpc) is 3.42. The quantitative estimate of drug-likeness (QED) is 0.276. The van der Waals surface area contributed by atoms with Gasteiger partial charge in [0.1, 0.15) is 0 Å². The largest absolute Gasteiger partial charge is 0.334 e. The number of rotatable bonds is 10. The number of hydrogen-bond donors (Lipinski definition) is 1. The molecule has 0 amide bonds. The van der Waals surface area contributed by atoms with Crippen LogP contribution in [0.1, 0.15) is 50.4 Å². The van der Waals surface area contributed by atoms with Crippen molar-refractivity contribution in [3.05, 3.63) is 61.8 Å². The molecule has 0 radical (unpaired) electrons. The molecule has 3 aromatic heterocycles. The first-order valence-corrected chi connectivity index (χ1v) is 11.6. The van der Waals surface area contributed by atoms with E-state index in [1.54, 1.807) is 4.57 Å². The van der Waals surface area contributed by atoms with Crippen LogP contribution in [0.15, 0.2) is 38.4 Å². The van der Waals surface area contributed by atoms with E-state index in [1.165, 1.54) is 4.57 Å². The summed E-state index contributed by atoms with van der Waals surface area (Å²) in [6, 6.07) is 7.88. The van der Waals surface area contributed by atoms with Crippen molar-refractivity contribution in [2.24, 2.45) is 0 Å². The van der Waals surface area contributed by atoms with Gasteiger partial charge in [-0.2, -0.15) is 9.97 Å². The fraction of sp³-hybridized carbons (Fsp3) is 0.435. The van der Waals surface area contributed by atoms with Gasteiger partial charge >= 0.3 is 5.69 Å². The van der Waals surface area contributed by atoms with E-state index >= 15 is 0 Å². The zero-order chi connectivity index (χ0) is 23.4. The normalized spacial score (nSPS) is 11.5. The molecule has 3 heterocycles. The fourth-order valence-electron chi connectivity index (χ4n) is 3.86. The van der Waals surface area contributed by atoms with E-state index in [1.807, 2.05) is 31.2 Å². The smallest absolute Gasteiger partial charge is 0.332 e. The Labute approximate surface area is 195 Å². The van der Waals surface area contributed by atoms with Crippen LogP contribution in [-0.2, 0) is 19.5 Å². The number of imidazole rings is 1. The SMILES string of the molecule is CCCCCn1c(=O)n(CCCCc2noc(-c3cccc(C)c3)n2)c(=O)c2[nH]c(Cl)nc21. The lowest BCUT2D eigenvalue weighted by Gasteiger charge is -2.11. The molecule has 33 heavy (non-hydrogen) atoms. The van der Waals surface area contributed by atoms with Gasteiger partial charge in [0.25, 0.3) is 11.4 Å². The number of aromatic amines is 1. The molecule has 174 valence electrons. The van der Waals surface area contributed by atoms with Gasteiger partial charge in [-0.1, -0.05) is 42.6 Å². The van der Waals surface area contributed by atoms with Crippen molar-refractivity contribution < 1.29 is 4.52 Å². The molecular formula is C23H27ClN6O3. The van der Waals surface area contributed by atoms with E-state index in [9.17, 15) is 9.59 Å². The second-order valence-corrected chi connectivity index (χ2v) is 8.52. The number of nitrogens with zero attached hydrogens (tertiary/aromatic N) is 5. The maximum atomic E-state index is 13.0. The predicted octanol–water partition coefficient (Wildman–Crippen LogP) is 4.11. The average molecular weight is 471 g/mol. The van der Waals surface area contributed by atoms with E-state index < -0.39 is 5.56 Å². The van der Waals surface area contributed by atoms with Crippen molar-refractivity contribution >= 4 is 22.8 Å². The van der Waals surface area contributed by atoms with Gasteiger partial charge in [0.2, 0.25) is 5.28 Å². The first-order valence-electron chi connectivity index (χ1n) is 11.3. The van der Waals surface area contributed by atoms with Crippen LogP contribution >= 0.6 is 11.6 Å². The van der Waals surface area contributed by atoms with Crippen LogP contribution in [-0.4, -0.2) is 29.2 Å². The molecule has 1 N–H and O–H groups in total. The summed E-state index contributed by atoms with van der Waals surface area (Å²) in [7, 11) is 0. The highest BCUT2D eigenvalue weighted by molar-refractivity contribution is 6.28. The van der Waals surface area contributed by atoms with Crippen LogP contribution in [0.4, 0.5) is 0 Å². The number of benzene rings is 1. The molecule has 0 fully saturated rings. The van der Waals surface area contributed by atoms with Crippen LogP contribution in [0, 0.1) is 6.92 Å². The molecule has 4 aromatic rings. The van der Waals surface area contributed by atoms with Crippen molar-refractivity contribution in [2.75, 3.05) is 0 Å².